The molecule has 1 aliphatic heterocycles. The molecule has 0 radical (unpaired) electrons. The minimum Gasteiger partial charge on any atom is -0.481 e. The van der Waals surface area contributed by atoms with Crippen molar-refractivity contribution in [1.29, 1.82) is 5.26 Å². The van der Waals surface area contributed by atoms with Crippen LogP contribution in [0.25, 0.3) is 0 Å². The van der Waals surface area contributed by atoms with Gasteiger partial charge < -0.3 is 19.6 Å². The van der Waals surface area contributed by atoms with Gasteiger partial charge in [-0.15, -0.1) is 0 Å². The van der Waals surface area contributed by atoms with Crippen LogP contribution in [0.5, 0.6) is 5.75 Å². The first kappa shape index (κ1) is 15.6. The van der Waals surface area contributed by atoms with E-state index < -0.39 is 5.97 Å². The van der Waals surface area contributed by atoms with Crippen molar-refractivity contribution in [1.82, 2.24) is 0 Å². The molecule has 1 amide bonds. The molecule has 0 aliphatic carbocycles. The van der Waals surface area contributed by atoms with Crippen molar-refractivity contribution in [3.63, 3.8) is 0 Å². The van der Waals surface area contributed by atoms with E-state index in [0.29, 0.717) is 23.7 Å². The van der Waals surface area contributed by atoms with E-state index in [1.165, 1.54) is 0 Å². The number of likely N-dealkylation sites (N-methyl/N-ethyl adjacent to an activating group) is 1. The summed E-state index contributed by atoms with van der Waals surface area (Å²) in [7, 11) is 0. The van der Waals surface area contributed by atoms with Crippen LogP contribution in [0, 0.1) is 11.3 Å². The number of benzene rings is 1. The van der Waals surface area contributed by atoms with Crippen LogP contribution in [0.15, 0.2) is 18.2 Å². The highest BCUT2D eigenvalue weighted by Gasteiger charge is 2.25. The third-order valence-corrected chi connectivity index (χ3v) is 3.42. The summed E-state index contributed by atoms with van der Waals surface area (Å²) in [6, 6.07) is 7.29. The van der Waals surface area contributed by atoms with E-state index in [9.17, 15) is 9.59 Å². The minimum absolute atomic E-state index is 0.0162. The topological polar surface area (TPSA) is 93.9 Å². The Bertz CT molecular complexity index is 624. The van der Waals surface area contributed by atoms with Crippen LogP contribution < -0.4 is 14.5 Å². The Morgan fingerprint density at radius 1 is 1.55 bits per heavy atom. The van der Waals surface area contributed by atoms with E-state index in [-0.39, 0.29) is 32.0 Å². The summed E-state index contributed by atoms with van der Waals surface area (Å²) in [5.41, 5.74) is 1.39. The smallest absolute Gasteiger partial charge is 0.305 e. The first-order valence-electron chi connectivity index (χ1n) is 6.97. The summed E-state index contributed by atoms with van der Waals surface area (Å²) in [4.78, 5) is 25.8. The lowest BCUT2D eigenvalue weighted by Crippen LogP contribution is -2.38. The Kier molecular flexibility index (Phi) is 4.84. The van der Waals surface area contributed by atoms with E-state index in [2.05, 4.69) is 0 Å². The number of nitriles is 1. The van der Waals surface area contributed by atoms with Crippen LogP contribution in [0.4, 0.5) is 11.4 Å². The van der Waals surface area contributed by atoms with Gasteiger partial charge in [-0.1, -0.05) is 0 Å². The Morgan fingerprint density at radius 2 is 2.32 bits per heavy atom. The second kappa shape index (κ2) is 6.80. The molecule has 7 nitrogen and oxygen atoms in total. The highest BCUT2D eigenvalue weighted by Crippen LogP contribution is 2.35. The van der Waals surface area contributed by atoms with E-state index >= 15 is 0 Å². The largest absolute Gasteiger partial charge is 0.481 e. The zero-order valence-corrected chi connectivity index (χ0v) is 12.3. The maximum atomic E-state index is 11.8. The van der Waals surface area contributed by atoms with Gasteiger partial charge in [-0.05, 0) is 19.1 Å². The summed E-state index contributed by atoms with van der Waals surface area (Å²) in [6.45, 7) is 2.74. The van der Waals surface area contributed by atoms with Gasteiger partial charge in [0.25, 0.3) is 5.91 Å². The maximum absolute atomic E-state index is 11.8. The quantitative estimate of drug-likeness (QED) is 0.795. The number of hydrogen-bond acceptors (Lipinski definition) is 5. The number of carboxylic acids is 1. The molecule has 0 saturated carbocycles. The highest BCUT2D eigenvalue weighted by molar-refractivity contribution is 5.98. The lowest BCUT2D eigenvalue weighted by atomic mass is 10.2. The fourth-order valence-electron chi connectivity index (χ4n) is 2.35. The Balaban J connectivity index is 2.27. The molecule has 1 aliphatic rings. The van der Waals surface area contributed by atoms with E-state index in [0.717, 1.165) is 0 Å². The van der Waals surface area contributed by atoms with Gasteiger partial charge in [0.1, 0.15) is 12.3 Å². The second-order valence-corrected chi connectivity index (χ2v) is 4.80. The molecule has 22 heavy (non-hydrogen) atoms. The number of aliphatic carboxylic acids is 1. The Labute approximate surface area is 128 Å². The van der Waals surface area contributed by atoms with E-state index in [4.69, 9.17) is 15.1 Å². The summed E-state index contributed by atoms with van der Waals surface area (Å²) in [6.07, 6.45) is -0.0564. The number of nitrogens with zero attached hydrogens (tertiary/aromatic N) is 3. The summed E-state index contributed by atoms with van der Waals surface area (Å²) >= 11 is 0. The number of carbonyl (C=O) groups is 2. The van der Waals surface area contributed by atoms with Crippen molar-refractivity contribution in [2.24, 2.45) is 0 Å². The molecule has 0 spiro atoms. The molecule has 7 heteroatoms. The predicted molar refractivity (Wildman–Crippen MR) is 80.0 cm³/mol. The SMILES string of the molecule is CCN1C(=O)COc2cc(N(CC#N)CCC(=O)O)ccc21. The number of carbonyl (C=O) groups excluding carboxylic acids is 1. The lowest BCUT2D eigenvalue weighted by Gasteiger charge is -2.30. The molecular formula is C15H17N3O4. The molecule has 1 heterocycles. The molecule has 1 aromatic rings. The van der Waals surface area contributed by atoms with Gasteiger partial charge in [-0.25, -0.2) is 0 Å². The number of rotatable bonds is 6. The van der Waals surface area contributed by atoms with Crippen molar-refractivity contribution in [3.05, 3.63) is 18.2 Å². The Hall–Kier alpha value is -2.75. The van der Waals surface area contributed by atoms with Gasteiger partial charge in [0.15, 0.2) is 6.61 Å². The van der Waals surface area contributed by atoms with E-state index in [1.807, 2.05) is 13.0 Å². The van der Waals surface area contributed by atoms with Crippen molar-refractivity contribution < 1.29 is 19.4 Å². The van der Waals surface area contributed by atoms with Crippen LogP contribution >= 0.6 is 0 Å². The molecule has 0 aromatic heterocycles. The monoisotopic (exact) mass is 303 g/mol. The first-order chi connectivity index (χ1) is 10.6. The molecule has 0 bridgehead atoms. The number of anilines is 2. The zero-order chi connectivity index (χ0) is 16.1. The molecule has 0 saturated heterocycles. The van der Waals surface area contributed by atoms with Crippen LogP contribution in [-0.2, 0) is 9.59 Å². The van der Waals surface area contributed by atoms with Crippen LogP contribution in [0.1, 0.15) is 13.3 Å². The predicted octanol–water partition coefficient (Wildman–Crippen LogP) is 1.24. The van der Waals surface area contributed by atoms with Crippen molar-refractivity contribution >= 4 is 23.3 Å². The molecular weight excluding hydrogens is 286 g/mol. The average molecular weight is 303 g/mol. The molecule has 2 rings (SSSR count). The molecule has 1 N–H and O–H groups in total. The third kappa shape index (κ3) is 3.28. The lowest BCUT2D eigenvalue weighted by molar-refractivity contribution is -0.136. The fraction of sp³-hybridized carbons (Fsp3) is 0.400. The normalized spacial score (nSPS) is 13.1. The number of carboxylic acid groups (broad SMARTS) is 1. The van der Waals surface area contributed by atoms with Crippen molar-refractivity contribution in [3.8, 4) is 11.8 Å². The summed E-state index contributed by atoms with van der Waals surface area (Å²) < 4.78 is 5.45. The summed E-state index contributed by atoms with van der Waals surface area (Å²) in [5, 5.41) is 17.7. The number of hydrogen-bond donors (Lipinski definition) is 1. The molecule has 0 fully saturated rings. The van der Waals surface area contributed by atoms with Gasteiger partial charge in [-0.2, -0.15) is 5.26 Å². The molecule has 1 aromatic carbocycles. The molecule has 116 valence electrons. The minimum atomic E-state index is -0.917. The van der Waals surface area contributed by atoms with Crippen molar-refractivity contribution in [2.45, 2.75) is 13.3 Å². The Morgan fingerprint density at radius 3 is 2.95 bits per heavy atom. The van der Waals surface area contributed by atoms with Crippen molar-refractivity contribution in [2.75, 3.05) is 36.0 Å². The van der Waals surface area contributed by atoms with Crippen LogP contribution in [0.2, 0.25) is 0 Å². The number of amides is 1. The standard InChI is InChI=1S/C15H17N3O4/c1-2-18-12-4-3-11(9-13(12)22-10-14(18)19)17(8-6-16)7-5-15(20)21/h3-4,9H,2,5,7-8,10H2,1H3,(H,20,21). The van der Waals surface area contributed by atoms with Gasteiger partial charge >= 0.3 is 5.97 Å². The third-order valence-electron chi connectivity index (χ3n) is 3.42. The van der Waals surface area contributed by atoms with Gasteiger partial charge in [-0.3, -0.25) is 9.59 Å². The average Bonchev–Trinajstić information content (AvgIpc) is 2.50. The highest BCUT2D eigenvalue weighted by atomic mass is 16.5. The molecule has 0 unspecified atom stereocenters. The number of fused-ring (bicyclic) bond motifs is 1. The van der Waals surface area contributed by atoms with E-state index in [1.54, 1.807) is 28.0 Å². The van der Waals surface area contributed by atoms with Gasteiger partial charge in [0.2, 0.25) is 0 Å². The van der Waals surface area contributed by atoms with Crippen LogP contribution in [-0.4, -0.2) is 43.2 Å². The van der Waals surface area contributed by atoms with Gasteiger partial charge in [0, 0.05) is 24.8 Å². The first-order valence-corrected chi connectivity index (χ1v) is 6.97. The van der Waals surface area contributed by atoms with Crippen LogP contribution in [0.3, 0.4) is 0 Å². The fourth-order valence-corrected chi connectivity index (χ4v) is 2.35. The molecule has 0 atom stereocenters. The summed E-state index contributed by atoms with van der Waals surface area (Å²) in [5.74, 6) is -0.445. The zero-order valence-electron chi connectivity index (χ0n) is 12.3. The second-order valence-electron chi connectivity index (χ2n) is 4.80. The number of ether oxygens (including phenoxy) is 1. The van der Waals surface area contributed by atoms with Gasteiger partial charge in [0.05, 0.1) is 18.2 Å². The maximum Gasteiger partial charge on any atom is 0.305 e.